The number of rotatable bonds is 6. The van der Waals surface area contributed by atoms with Crippen molar-refractivity contribution >= 4 is 33.8 Å². The molecule has 1 aromatic rings. The predicted octanol–water partition coefficient (Wildman–Crippen LogP) is 4.25. The molecule has 0 aromatic heterocycles. The van der Waals surface area contributed by atoms with Gasteiger partial charge < -0.3 is 14.4 Å². The molecular formula is C16H23BrN2O4. The fraction of sp³-hybridized carbons (Fsp3) is 0.500. The van der Waals surface area contributed by atoms with Gasteiger partial charge in [0.05, 0.1) is 6.10 Å². The summed E-state index contributed by atoms with van der Waals surface area (Å²) in [6.07, 6.45) is -1.19. The van der Waals surface area contributed by atoms with Crippen molar-refractivity contribution < 1.29 is 19.1 Å². The van der Waals surface area contributed by atoms with E-state index in [2.05, 4.69) is 21.2 Å². The zero-order valence-electron chi connectivity index (χ0n) is 13.8. The van der Waals surface area contributed by atoms with E-state index in [4.69, 9.17) is 9.47 Å². The van der Waals surface area contributed by atoms with Crippen molar-refractivity contribution in [2.75, 3.05) is 17.2 Å². The molecule has 7 heteroatoms. The van der Waals surface area contributed by atoms with Gasteiger partial charge in [0.2, 0.25) is 0 Å². The number of ether oxygens (including phenoxy) is 2. The van der Waals surface area contributed by atoms with Crippen LogP contribution in [-0.2, 0) is 4.74 Å². The lowest BCUT2D eigenvalue weighted by Crippen LogP contribution is -2.40. The van der Waals surface area contributed by atoms with Gasteiger partial charge in [0.25, 0.3) is 0 Å². The van der Waals surface area contributed by atoms with Crippen LogP contribution >= 0.6 is 15.9 Å². The van der Waals surface area contributed by atoms with Crippen molar-refractivity contribution in [3.8, 4) is 5.75 Å². The van der Waals surface area contributed by atoms with Gasteiger partial charge in [-0.1, -0.05) is 22.0 Å². The number of hydrogen-bond donors (Lipinski definition) is 1. The zero-order chi connectivity index (χ0) is 17.4. The second-order valence-electron chi connectivity index (χ2n) is 5.45. The fourth-order valence-electron chi connectivity index (χ4n) is 1.81. The van der Waals surface area contributed by atoms with E-state index in [0.717, 1.165) is 0 Å². The lowest BCUT2D eigenvalue weighted by atomic mass is 10.3. The van der Waals surface area contributed by atoms with E-state index in [0.29, 0.717) is 23.3 Å². The molecule has 0 aliphatic heterocycles. The fourth-order valence-corrected chi connectivity index (χ4v) is 2.19. The van der Waals surface area contributed by atoms with Crippen molar-refractivity contribution in [3.63, 3.8) is 0 Å². The van der Waals surface area contributed by atoms with Crippen LogP contribution < -0.4 is 10.1 Å². The molecule has 128 valence electrons. The largest absolute Gasteiger partial charge is 0.447 e. The first kappa shape index (κ1) is 19.3. The van der Waals surface area contributed by atoms with Gasteiger partial charge in [0, 0.05) is 29.7 Å². The minimum atomic E-state index is -0.549. The number of benzene rings is 1. The molecule has 0 saturated heterocycles. The molecular weight excluding hydrogens is 364 g/mol. The van der Waals surface area contributed by atoms with E-state index in [1.807, 2.05) is 13.8 Å². The van der Waals surface area contributed by atoms with E-state index in [-0.39, 0.29) is 12.1 Å². The number of carbonyl (C=O) groups excluding carboxylic acids is 2. The van der Waals surface area contributed by atoms with Crippen LogP contribution in [0.1, 0.15) is 27.7 Å². The molecule has 1 aromatic carbocycles. The molecule has 2 amide bonds. The summed E-state index contributed by atoms with van der Waals surface area (Å²) in [5.74, 6) is 0.359. The predicted molar refractivity (Wildman–Crippen MR) is 93.3 cm³/mol. The normalized spacial score (nSPS) is 10.6. The molecule has 0 unspecified atom stereocenters. The summed E-state index contributed by atoms with van der Waals surface area (Å²) in [4.78, 5) is 25.4. The number of halogens is 1. The summed E-state index contributed by atoms with van der Waals surface area (Å²) in [7, 11) is 0. The van der Waals surface area contributed by atoms with E-state index < -0.39 is 12.2 Å². The van der Waals surface area contributed by atoms with Gasteiger partial charge in [-0.25, -0.2) is 9.59 Å². The second-order valence-corrected chi connectivity index (χ2v) is 6.24. The number of nitrogens with one attached hydrogen (secondary N) is 1. The SMILES string of the molecule is CC(C)OC(=O)Nc1cccc(OC(=O)N(CCBr)C(C)C)c1. The monoisotopic (exact) mass is 386 g/mol. The van der Waals surface area contributed by atoms with Crippen molar-refractivity contribution in [3.05, 3.63) is 24.3 Å². The van der Waals surface area contributed by atoms with E-state index in [1.165, 1.54) is 0 Å². The first-order valence-electron chi connectivity index (χ1n) is 7.45. The molecule has 0 radical (unpaired) electrons. The minimum absolute atomic E-state index is 0.0300. The first-order chi connectivity index (χ1) is 10.8. The number of amides is 2. The Morgan fingerprint density at radius 2 is 1.96 bits per heavy atom. The molecule has 0 aliphatic rings. The van der Waals surface area contributed by atoms with Crippen LogP contribution in [0, 0.1) is 0 Å². The number of alkyl halides is 1. The zero-order valence-corrected chi connectivity index (χ0v) is 15.4. The Bertz CT molecular complexity index is 535. The molecule has 0 aliphatic carbocycles. The van der Waals surface area contributed by atoms with Crippen molar-refractivity contribution in [2.45, 2.75) is 39.8 Å². The summed E-state index contributed by atoms with van der Waals surface area (Å²) in [5.41, 5.74) is 0.498. The maximum atomic E-state index is 12.2. The third kappa shape index (κ3) is 6.90. The minimum Gasteiger partial charge on any atom is -0.447 e. The van der Waals surface area contributed by atoms with Gasteiger partial charge in [0.15, 0.2) is 0 Å². The number of nitrogens with zero attached hydrogens (tertiary/aromatic N) is 1. The Kier molecular flexibility index (Phi) is 7.88. The summed E-state index contributed by atoms with van der Waals surface area (Å²) >= 11 is 3.32. The maximum absolute atomic E-state index is 12.2. The van der Waals surface area contributed by atoms with Crippen molar-refractivity contribution in [2.24, 2.45) is 0 Å². The molecule has 0 atom stereocenters. The van der Waals surface area contributed by atoms with Crippen LogP contribution in [-0.4, -0.2) is 41.1 Å². The third-order valence-electron chi connectivity index (χ3n) is 2.81. The van der Waals surface area contributed by atoms with Gasteiger partial charge in [-0.05, 0) is 39.8 Å². The Balaban J connectivity index is 2.72. The molecule has 23 heavy (non-hydrogen) atoms. The van der Waals surface area contributed by atoms with Crippen LogP contribution in [0.3, 0.4) is 0 Å². The van der Waals surface area contributed by atoms with Crippen LogP contribution in [0.2, 0.25) is 0 Å². The van der Waals surface area contributed by atoms with Crippen molar-refractivity contribution in [1.82, 2.24) is 4.90 Å². The highest BCUT2D eigenvalue weighted by atomic mass is 79.9. The average Bonchev–Trinajstić information content (AvgIpc) is 2.43. The Hall–Kier alpha value is -1.76. The van der Waals surface area contributed by atoms with Gasteiger partial charge in [0.1, 0.15) is 5.75 Å². The molecule has 1 rings (SSSR count). The molecule has 6 nitrogen and oxygen atoms in total. The van der Waals surface area contributed by atoms with Crippen LogP contribution in [0.25, 0.3) is 0 Å². The van der Waals surface area contributed by atoms with Gasteiger partial charge in [-0.2, -0.15) is 0 Å². The standard InChI is InChI=1S/C16H23BrN2O4/c1-11(2)19(9-8-17)16(21)23-14-7-5-6-13(10-14)18-15(20)22-12(3)4/h5-7,10-12H,8-9H2,1-4H3,(H,18,20). The van der Waals surface area contributed by atoms with Crippen LogP contribution in [0.4, 0.5) is 15.3 Å². The average molecular weight is 387 g/mol. The molecule has 1 N–H and O–H groups in total. The van der Waals surface area contributed by atoms with Crippen LogP contribution in [0.5, 0.6) is 5.75 Å². The van der Waals surface area contributed by atoms with E-state index in [1.54, 1.807) is 43.0 Å². The summed E-state index contributed by atoms with van der Waals surface area (Å²) in [6, 6.07) is 6.65. The number of carbonyl (C=O) groups is 2. The summed E-state index contributed by atoms with van der Waals surface area (Å²) in [6.45, 7) is 7.92. The third-order valence-corrected chi connectivity index (χ3v) is 3.17. The lowest BCUT2D eigenvalue weighted by Gasteiger charge is -2.25. The molecule has 0 spiro atoms. The number of anilines is 1. The highest BCUT2D eigenvalue weighted by molar-refractivity contribution is 9.09. The lowest BCUT2D eigenvalue weighted by molar-refractivity contribution is 0.130. The second kappa shape index (κ2) is 9.39. The Morgan fingerprint density at radius 3 is 2.52 bits per heavy atom. The highest BCUT2D eigenvalue weighted by Crippen LogP contribution is 2.19. The van der Waals surface area contributed by atoms with E-state index >= 15 is 0 Å². The van der Waals surface area contributed by atoms with Crippen LogP contribution in [0.15, 0.2) is 24.3 Å². The maximum Gasteiger partial charge on any atom is 0.415 e. The molecule has 0 bridgehead atoms. The summed E-state index contributed by atoms with van der Waals surface area (Å²) in [5, 5.41) is 3.26. The molecule has 0 saturated carbocycles. The van der Waals surface area contributed by atoms with Crippen molar-refractivity contribution in [1.29, 1.82) is 0 Å². The van der Waals surface area contributed by atoms with E-state index in [9.17, 15) is 9.59 Å². The number of hydrogen-bond acceptors (Lipinski definition) is 4. The Labute approximate surface area is 145 Å². The van der Waals surface area contributed by atoms with Gasteiger partial charge in [-0.3, -0.25) is 5.32 Å². The first-order valence-corrected chi connectivity index (χ1v) is 8.57. The van der Waals surface area contributed by atoms with Gasteiger partial charge >= 0.3 is 12.2 Å². The topological polar surface area (TPSA) is 67.9 Å². The molecule has 0 fully saturated rings. The highest BCUT2D eigenvalue weighted by Gasteiger charge is 2.18. The van der Waals surface area contributed by atoms with Gasteiger partial charge in [-0.15, -0.1) is 0 Å². The smallest absolute Gasteiger partial charge is 0.415 e. The Morgan fingerprint density at radius 1 is 1.26 bits per heavy atom. The quantitative estimate of drug-likeness (QED) is 0.742. The molecule has 0 heterocycles. The summed E-state index contributed by atoms with van der Waals surface area (Å²) < 4.78 is 10.4.